The van der Waals surface area contributed by atoms with Gasteiger partial charge in [-0.25, -0.2) is 9.97 Å². The zero-order valence-corrected chi connectivity index (χ0v) is 40.4. The number of primary amides is 1. The third kappa shape index (κ3) is 12.9. The van der Waals surface area contributed by atoms with Crippen LogP contribution in [0.5, 0.6) is 0 Å². The molecular formula is C51H74N8O6. The van der Waals surface area contributed by atoms with Gasteiger partial charge in [0.05, 0.1) is 31.6 Å². The van der Waals surface area contributed by atoms with Gasteiger partial charge in [0.25, 0.3) is 6.47 Å². The van der Waals surface area contributed by atoms with Gasteiger partial charge in [-0.2, -0.15) is 0 Å². The van der Waals surface area contributed by atoms with Crippen molar-refractivity contribution in [2.45, 2.75) is 122 Å². The minimum atomic E-state index is -0.227. The molecule has 3 aliphatic carbocycles. The number of aromatic amines is 2. The molecule has 4 atom stereocenters. The monoisotopic (exact) mass is 895 g/mol. The van der Waals surface area contributed by atoms with Crippen molar-refractivity contribution in [3.8, 4) is 11.3 Å². The number of nitrogens with two attached hydrogens (primary N) is 1. The SMILES string of the molecule is CCC.CNCC(=O)N1CC(C)=C[C@H]1c1ncc(-c2ccc(C3=CCC(c4cnc(C5C=C(C)CN5C)[nH]4)C=C3)c3c2CCC32CCCC2)[nH]1.COC(C=O)C(C)C.COC=O.NC=O. The maximum absolute atomic E-state index is 12.9. The van der Waals surface area contributed by atoms with Gasteiger partial charge in [0.15, 0.2) is 0 Å². The van der Waals surface area contributed by atoms with Gasteiger partial charge in [0.2, 0.25) is 12.3 Å². The predicted molar refractivity (Wildman–Crippen MR) is 258 cm³/mol. The second-order valence-corrected chi connectivity index (χ2v) is 17.9. The number of hydrogen-bond acceptors (Lipinski definition) is 10. The van der Waals surface area contributed by atoms with E-state index in [-0.39, 0.29) is 41.8 Å². The van der Waals surface area contributed by atoms with E-state index < -0.39 is 0 Å². The zero-order chi connectivity index (χ0) is 47.7. The molecule has 14 nitrogen and oxygen atoms in total. The Kier molecular flexibility index (Phi) is 20.3. The number of methoxy groups -OCH3 is 2. The lowest BCUT2D eigenvalue weighted by molar-refractivity contribution is -0.131. The molecule has 0 bridgehead atoms. The van der Waals surface area contributed by atoms with E-state index in [4.69, 9.17) is 24.3 Å². The Balaban J connectivity index is 0.000000440. The minimum absolute atomic E-state index is 0.0923. The van der Waals surface area contributed by atoms with Crippen LogP contribution >= 0.6 is 0 Å². The number of nitrogens with zero attached hydrogens (tertiary/aromatic N) is 4. The van der Waals surface area contributed by atoms with Crippen LogP contribution in [0.25, 0.3) is 16.8 Å². The number of carbonyl (C=O) groups excluding carboxylic acids is 4. The van der Waals surface area contributed by atoms with E-state index in [2.05, 4.69) is 108 Å². The number of ether oxygens (including phenoxy) is 2. The third-order valence-corrected chi connectivity index (χ3v) is 12.6. The zero-order valence-electron chi connectivity index (χ0n) is 40.4. The Morgan fingerprint density at radius 1 is 0.969 bits per heavy atom. The molecule has 0 saturated heterocycles. The van der Waals surface area contributed by atoms with Crippen LogP contribution in [0.2, 0.25) is 0 Å². The van der Waals surface area contributed by atoms with Crippen LogP contribution < -0.4 is 11.1 Å². The topological polar surface area (TPSA) is 189 Å². The van der Waals surface area contributed by atoms with Gasteiger partial charge in [0, 0.05) is 43.6 Å². The molecule has 1 fully saturated rings. The van der Waals surface area contributed by atoms with E-state index in [0.717, 1.165) is 43.0 Å². The molecule has 3 unspecified atom stereocenters. The number of allylic oxidation sites excluding steroid dienone is 4. The summed E-state index contributed by atoms with van der Waals surface area (Å²) >= 11 is 0. The molecule has 8 rings (SSSR count). The van der Waals surface area contributed by atoms with E-state index in [1.165, 1.54) is 84.7 Å². The highest BCUT2D eigenvalue weighted by Crippen LogP contribution is 2.55. The Hall–Kier alpha value is -5.44. The number of nitrogens with one attached hydrogen (secondary N) is 3. The lowest BCUT2D eigenvalue weighted by atomic mass is 9.75. The fourth-order valence-electron chi connectivity index (χ4n) is 9.63. The summed E-state index contributed by atoms with van der Waals surface area (Å²) < 4.78 is 8.65. The predicted octanol–water partition coefficient (Wildman–Crippen LogP) is 7.83. The molecule has 3 aromatic rings. The van der Waals surface area contributed by atoms with E-state index in [9.17, 15) is 9.59 Å². The lowest BCUT2D eigenvalue weighted by Crippen LogP contribution is -2.37. The van der Waals surface area contributed by atoms with Crippen LogP contribution in [0.4, 0.5) is 0 Å². The summed E-state index contributed by atoms with van der Waals surface area (Å²) in [5.74, 6) is 2.56. The van der Waals surface area contributed by atoms with Crippen LogP contribution in [-0.4, -0.2) is 109 Å². The van der Waals surface area contributed by atoms with Gasteiger partial charge in [-0.3, -0.25) is 19.3 Å². The van der Waals surface area contributed by atoms with E-state index in [0.29, 0.717) is 25.5 Å². The van der Waals surface area contributed by atoms with Gasteiger partial charge >= 0.3 is 0 Å². The molecule has 2 aromatic heterocycles. The average molecular weight is 895 g/mol. The molecule has 4 heterocycles. The maximum atomic E-state index is 12.9. The number of rotatable bonds is 11. The van der Waals surface area contributed by atoms with E-state index >= 15 is 0 Å². The van der Waals surface area contributed by atoms with E-state index in [1.807, 2.05) is 38.2 Å². The van der Waals surface area contributed by atoms with E-state index in [1.54, 1.807) is 12.7 Å². The Morgan fingerprint density at radius 2 is 1.58 bits per heavy atom. The standard InChI is InChI=1S/C39H47N7O.C6H12O2.C3H8.C2H4O2.CH3NO/c1-24-17-33(45(4)22-24)37-41-19-31(43-37)27-9-7-26(8-10-27)28-11-12-29(30-13-16-39(36(28)30)14-5-6-15-39)32-20-42-38(44-32)34-18-25(2)23-46(34)35(47)21-40-3;1-5(2)6(4-7)8-3;1-3-2;1-4-2-3;2-1-3/h7-9,11-12,17-20,27,33-34,40H,5-6,10,13-16,21-23H2,1-4H3,(H,41,43)(H,42,44);4-6H,1-3H3;3H2,1-2H3;2H,1H3;1H,(H2,2,3)/t27?,33?,34-;;;;/m0..../s1. The molecule has 0 radical (unpaired) electrons. The number of likely N-dealkylation sites (N-methyl/N-ethyl adjacent to an activating group) is 2. The molecule has 14 heteroatoms. The molecule has 2 aliphatic heterocycles. The average Bonchev–Trinajstić information content (AvgIpc) is 4.17. The summed E-state index contributed by atoms with van der Waals surface area (Å²) in [6.45, 7) is 14.8. The molecule has 5 aliphatic rings. The summed E-state index contributed by atoms with van der Waals surface area (Å²) in [4.78, 5) is 61.7. The highest BCUT2D eigenvalue weighted by atomic mass is 16.5. The van der Waals surface area contributed by atoms with Crippen LogP contribution in [-0.2, 0) is 40.5 Å². The molecule has 5 N–H and O–H groups in total. The molecule has 1 aromatic carbocycles. The van der Waals surface area contributed by atoms with Crippen molar-refractivity contribution >= 4 is 30.6 Å². The first kappa shape index (κ1) is 52.2. The van der Waals surface area contributed by atoms with Crippen LogP contribution in [0.15, 0.2) is 66.1 Å². The smallest absolute Gasteiger partial charge is 0.292 e. The number of H-pyrrole nitrogens is 2. The number of carbonyl (C=O) groups is 4. The van der Waals surface area contributed by atoms with Crippen LogP contribution in [0.3, 0.4) is 0 Å². The van der Waals surface area contributed by atoms with Crippen molar-refractivity contribution in [3.05, 3.63) is 100 Å². The van der Waals surface area contributed by atoms with Gasteiger partial charge in [-0.1, -0.05) is 101 Å². The maximum Gasteiger partial charge on any atom is 0.292 e. The fourth-order valence-corrected chi connectivity index (χ4v) is 9.63. The molecule has 1 saturated carbocycles. The fraction of sp³-hybridized carbons (Fsp3) is 0.529. The van der Waals surface area contributed by atoms with Crippen molar-refractivity contribution in [2.75, 3.05) is 47.9 Å². The molecular weight excluding hydrogens is 821 g/mol. The van der Waals surface area contributed by atoms with Crippen molar-refractivity contribution in [2.24, 2.45) is 11.7 Å². The number of amides is 2. The van der Waals surface area contributed by atoms with Crippen molar-refractivity contribution in [1.29, 1.82) is 0 Å². The van der Waals surface area contributed by atoms with Gasteiger partial charge < -0.3 is 40.2 Å². The molecule has 354 valence electrons. The Morgan fingerprint density at radius 3 is 2.12 bits per heavy atom. The number of aldehydes is 1. The highest BCUT2D eigenvalue weighted by Gasteiger charge is 2.44. The number of hydrogen-bond donors (Lipinski definition) is 4. The summed E-state index contributed by atoms with van der Waals surface area (Å²) in [5.41, 5.74) is 16.4. The second kappa shape index (κ2) is 25.3. The highest BCUT2D eigenvalue weighted by molar-refractivity contribution is 5.83. The van der Waals surface area contributed by atoms with Crippen molar-refractivity contribution < 1.29 is 28.7 Å². The summed E-state index contributed by atoms with van der Waals surface area (Å²) in [6, 6.07) is 4.76. The first-order valence-electron chi connectivity index (χ1n) is 23.0. The summed E-state index contributed by atoms with van der Waals surface area (Å²) in [6.07, 6.45) is 26.3. The normalized spacial score (nSPS) is 20.6. The third-order valence-electron chi connectivity index (χ3n) is 12.6. The number of imidazole rings is 2. The number of benzene rings is 1. The summed E-state index contributed by atoms with van der Waals surface area (Å²) in [7, 11) is 6.83. The second-order valence-electron chi connectivity index (χ2n) is 17.9. The lowest BCUT2D eigenvalue weighted by Gasteiger charge is -2.29. The van der Waals surface area contributed by atoms with Crippen LogP contribution in [0.1, 0.15) is 139 Å². The molecule has 2 amide bonds. The van der Waals surface area contributed by atoms with Crippen molar-refractivity contribution in [1.82, 2.24) is 35.1 Å². The quantitative estimate of drug-likeness (QED) is 0.109. The van der Waals surface area contributed by atoms with Gasteiger partial charge in [0.1, 0.15) is 30.1 Å². The first-order chi connectivity index (χ1) is 31.3. The first-order valence-corrected chi connectivity index (χ1v) is 23.0. The number of fused-ring (bicyclic) bond motifs is 2. The van der Waals surface area contributed by atoms with Gasteiger partial charge in [-0.05, 0) is 93.6 Å². The summed E-state index contributed by atoms with van der Waals surface area (Å²) in [5, 5.41) is 3.01. The number of aromatic nitrogens is 4. The van der Waals surface area contributed by atoms with Gasteiger partial charge in [-0.15, -0.1) is 0 Å². The van der Waals surface area contributed by atoms with Crippen molar-refractivity contribution in [3.63, 3.8) is 0 Å². The Labute approximate surface area is 386 Å². The Bertz CT molecular complexity index is 2160. The molecule has 1 spiro atoms. The van der Waals surface area contributed by atoms with Crippen LogP contribution in [0, 0.1) is 5.92 Å². The minimum Gasteiger partial charge on any atom is -0.471 e. The largest absolute Gasteiger partial charge is 0.471 e. The molecule has 65 heavy (non-hydrogen) atoms.